The van der Waals surface area contributed by atoms with E-state index in [0.717, 1.165) is 35.0 Å². The maximum absolute atomic E-state index is 6.08. The lowest BCUT2D eigenvalue weighted by Crippen LogP contribution is -2.19. The van der Waals surface area contributed by atoms with E-state index in [2.05, 4.69) is 24.1 Å². The van der Waals surface area contributed by atoms with Gasteiger partial charge in [-0.05, 0) is 36.7 Å². The molecule has 0 radical (unpaired) electrons. The SMILES string of the molecule is CC(C)CNCc1cc(Cl)ccc1OCc1cccnc1. The Morgan fingerprint density at radius 1 is 1.29 bits per heavy atom. The van der Waals surface area contributed by atoms with Crippen molar-refractivity contribution in [2.75, 3.05) is 6.54 Å². The van der Waals surface area contributed by atoms with Gasteiger partial charge in [0.15, 0.2) is 0 Å². The van der Waals surface area contributed by atoms with Crippen molar-refractivity contribution in [3.8, 4) is 5.75 Å². The van der Waals surface area contributed by atoms with Crippen LogP contribution in [0.3, 0.4) is 0 Å². The van der Waals surface area contributed by atoms with Gasteiger partial charge < -0.3 is 10.1 Å². The van der Waals surface area contributed by atoms with Crippen LogP contribution in [0.5, 0.6) is 5.75 Å². The molecule has 2 aromatic rings. The summed E-state index contributed by atoms with van der Waals surface area (Å²) < 4.78 is 5.90. The Morgan fingerprint density at radius 3 is 2.86 bits per heavy atom. The van der Waals surface area contributed by atoms with E-state index in [4.69, 9.17) is 16.3 Å². The van der Waals surface area contributed by atoms with Gasteiger partial charge in [-0.15, -0.1) is 0 Å². The molecule has 0 amide bonds. The molecule has 21 heavy (non-hydrogen) atoms. The Bertz CT molecular complexity index is 558. The minimum absolute atomic E-state index is 0.507. The fourth-order valence-corrected chi connectivity index (χ4v) is 2.16. The van der Waals surface area contributed by atoms with E-state index in [-0.39, 0.29) is 0 Å². The van der Waals surface area contributed by atoms with Crippen LogP contribution in [0.15, 0.2) is 42.7 Å². The number of nitrogens with zero attached hydrogens (tertiary/aromatic N) is 1. The second-order valence-electron chi connectivity index (χ2n) is 5.43. The molecule has 0 spiro atoms. The molecule has 0 aliphatic heterocycles. The number of hydrogen-bond donors (Lipinski definition) is 1. The Kier molecular flexibility index (Phi) is 6.03. The summed E-state index contributed by atoms with van der Waals surface area (Å²) in [6.45, 7) is 6.60. The van der Waals surface area contributed by atoms with E-state index in [0.29, 0.717) is 12.5 Å². The summed E-state index contributed by atoms with van der Waals surface area (Å²) in [4.78, 5) is 4.09. The van der Waals surface area contributed by atoms with Crippen molar-refractivity contribution in [1.29, 1.82) is 0 Å². The van der Waals surface area contributed by atoms with E-state index in [1.165, 1.54) is 0 Å². The van der Waals surface area contributed by atoms with Gasteiger partial charge in [-0.1, -0.05) is 31.5 Å². The smallest absolute Gasteiger partial charge is 0.124 e. The van der Waals surface area contributed by atoms with E-state index in [1.54, 1.807) is 6.20 Å². The quantitative estimate of drug-likeness (QED) is 0.837. The number of aromatic nitrogens is 1. The lowest BCUT2D eigenvalue weighted by atomic mass is 10.1. The average Bonchev–Trinajstić information content (AvgIpc) is 2.47. The van der Waals surface area contributed by atoms with E-state index < -0.39 is 0 Å². The van der Waals surface area contributed by atoms with Crippen LogP contribution < -0.4 is 10.1 Å². The predicted molar refractivity (Wildman–Crippen MR) is 86.6 cm³/mol. The zero-order valence-electron chi connectivity index (χ0n) is 12.5. The van der Waals surface area contributed by atoms with Crippen molar-refractivity contribution in [2.24, 2.45) is 5.92 Å². The van der Waals surface area contributed by atoms with Gasteiger partial charge in [0.1, 0.15) is 12.4 Å². The number of halogens is 1. The molecule has 0 aliphatic carbocycles. The Morgan fingerprint density at radius 2 is 2.14 bits per heavy atom. The van der Waals surface area contributed by atoms with Gasteiger partial charge >= 0.3 is 0 Å². The van der Waals surface area contributed by atoms with Crippen molar-refractivity contribution in [1.82, 2.24) is 10.3 Å². The highest BCUT2D eigenvalue weighted by Gasteiger charge is 2.06. The highest BCUT2D eigenvalue weighted by molar-refractivity contribution is 6.30. The topological polar surface area (TPSA) is 34.1 Å². The highest BCUT2D eigenvalue weighted by Crippen LogP contribution is 2.23. The van der Waals surface area contributed by atoms with Crippen molar-refractivity contribution in [3.63, 3.8) is 0 Å². The molecule has 0 saturated carbocycles. The lowest BCUT2D eigenvalue weighted by Gasteiger charge is -2.13. The predicted octanol–water partition coefficient (Wildman–Crippen LogP) is 4.06. The fourth-order valence-electron chi connectivity index (χ4n) is 1.97. The second kappa shape index (κ2) is 8.01. The van der Waals surface area contributed by atoms with Crippen LogP contribution in [0.2, 0.25) is 5.02 Å². The summed E-state index contributed by atoms with van der Waals surface area (Å²) in [5.41, 5.74) is 2.13. The third-order valence-electron chi connectivity index (χ3n) is 3.01. The first kappa shape index (κ1) is 15.8. The van der Waals surface area contributed by atoms with Crippen LogP contribution in [0.1, 0.15) is 25.0 Å². The molecule has 1 N–H and O–H groups in total. The van der Waals surface area contributed by atoms with E-state index >= 15 is 0 Å². The molecule has 112 valence electrons. The van der Waals surface area contributed by atoms with Crippen molar-refractivity contribution < 1.29 is 4.74 Å². The zero-order chi connectivity index (χ0) is 15.1. The van der Waals surface area contributed by atoms with E-state index in [9.17, 15) is 0 Å². The first-order valence-electron chi connectivity index (χ1n) is 7.16. The molecule has 1 aromatic carbocycles. The molecule has 0 saturated heterocycles. The summed E-state index contributed by atoms with van der Waals surface area (Å²) in [6.07, 6.45) is 3.57. The number of benzene rings is 1. The average molecular weight is 305 g/mol. The maximum atomic E-state index is 6.08. The maximum Gasteiger partial charge on any atom is 0.124 e. The van der Waals surface area contributed by atoms with Crippen molar-refractivity contribution in [3.05, 3.63) is 58.9 Å². The molecule has 3 nitrogen and oxygen atoms in total. The number of pyridine rings is 1. The summed E-state index contributed by atoms with van der Waals surface area (Å²) >= 11 is 6.08. The van der Waals surface area contributed by atoms with Gasteiger partial charge in [0.05, 0.1) is 0 Å². The Labute approximate surface area is 131 Å². The Balaban J connectivity index is 2.00. The second-order valence-corrected chi connectivity index (χ2v) is 5.86. The highest BCUT2D eigenvalue weighted by atomic mass is 35.5. The number of nitrogens with one attached hydrogen (secondary N) is 1. The molecule has 0 bridgehead atoms. The van der Waals surface area contributed by atoms with Gasteiger partial charge in [0.2, 0.25) is 0 Å². The number of hydrogen-bond acceptors (Lipinski definition) is 3. The van der Waals surface area contributed by atoms with Crippen LogP contribution >= 0.6 is 11.6 Å². The molecular weight excluding hydrogens is 284 g/mol. The molecule has 1 aromatic heterocycles. The van der Waals surface area contributed by atoms with Gasteiger partial charge in [0.25, 0.3) is 0 Å². The molecule has 2 rings (SSSR count). The third-order valence-corrected chi connectivity index (χ3v) is 3.24. The third kappa shape index (κ3) is 5.37. The Hall–Kier alpha value is -1.58. The molecule has 0 fully saturated rings. The van der Waals surface area contributed by atoms with Gasteiger partial charge in [0, 0.05) is 35.1 Å². The zero-order valence-corrected chi connectivity index (χ0v) is 13.2. The van der Waals surface area contributed by atoms with Crippen LogP contribution in [0.4, 0.5) is 0 Å². The monoisotopic (exact) mass is 304 g/mol. The van der Waals surface area contributed by atoms with Crippen molar-refractivity contribution in [2.45, 2.75) is 27.0 Å². The van der Waals surface area contributed by atoms with Crippen LogP contribution in [-0.2, 0) is 13.2 Å². The first-order valence-corrected chi connectivity index (χ1v) is 7.54. The largest absolute Gasteiger partial charge is 0.489 e. The number of rotatable bonds is 7. The molecule has 1 heterocycles. The standard InChI is InChI=1S/C17H21ClN2O/c1-13(2)9-20-11-15-8-16(18)5-6-17(15)21-12-14-4-3-7-19-10-14/h3-8,10,13,20H,9,11-12H2,1-2H3. The van der Waals surface area contributed by atoms with Crippen molar-refractivity contribution >= 4 is 11.6 Å². The van der Waals surface area contributed by atoms with E-state index in [1.807, 2.05) is 36.5 Å². The summed E-state index contributed by atoms with van der Waals surface area (Å²) in [5, 5.41) is 4.14. The van der Waals surface area contributed by atoms with Gasteiger partial charge in [-0.2, -0.15) is 0 Å². The fraction of sp³-hybridized carbons (Fsp3) is 0.353. The van der Waals surface area contributed by atoms with Crippen LogP contribution in [0, 0.1) is 5.92 Å². The molecule has 4 heteroatoms. The summed E-state index contributed by atoms with van der Waals surface area (Å²) in [5.74, 6) is 1.48. The minimum Gasteiger partial charge on any atom is -0.489 e. The first-order chi connectivity index (χ1) is 10.1. The molecular formula is C17H21ClN2O. The minimum atomic E-state index is 0.507. The van der Waals surface area contributed by atoms with Crippen LogP contribution in [-0.4, -0.2) is 11.5 Å². The summed E-state index contributed by atoms with van der Waals surface area (Å²) in [7, 11) is 0. The summed E-state index contributed by atoms with van der Waals surface area (Å²) in [6, 6.07) is 9.63. The molecule has 0 unspecified atom stereocenters. The van der Waals surface area contributed by atoms with Gasteiger partial charge in [-0.25, -0.2) is 0 Å². The normalized spacial score (nSPS) is 10.9. The lowest BCUT2D eigenvalue weighted by molar-refractivity contribution is 0.301. The van der Waals surface area contributed by atoms with Crippen LogP contribution in [0.25, 0.3) is 0 Å². The molecule has 0 atom stereocenters. The number of ether oxygens (including phenoxy) is 1. The molecule has 0 aliphatic rings. The van der Waals surface area contributed by atoms with Gasteiger partial charge in [-0.3, -0.25) is 4.98 Å².